The van der Waals surface area contributed by atoms with E-state index in [-0.39, 0.29) is 0 Å². The van der Waals surface area contributed by atoms with Crippen molar-refractivity contribution in [2.24, 2.45) is 10.7 Å². The lowest BCUT2D eigenvalue weighted by atomic mass is 10.2. The van der Waals surface area contributed by atoms with Crippen LogP contribution in [0.25, 0.3) is 11.4 Å². The summed E-state index contributed by atoms with van der Waals surface area (Å²) in [6.45, 7) is 2.45. The van der Waals surface area contributed by atoms with E-state index in [0.717, 1.165) is 30.2 Å². The fourth-order valence-corrected chi connectivity index (χ4v) is 3.35. The quantitative estimate of drug-likeness (QED) is 0.672. The standard InChI is InChI=1S/C15H18ClN5OS/c16-12-3-1-2-11(10-12)14-19-13(22-20-14)4-5-18-15(17)21-6-8-23-9-7-21/h1-3,10H,4-9H2,(H2,17,18). The second kappa shape index (κ2) is 7.70. The van der Waals surface area contributed by atoms with Gasteiger partial charge in [-0.3, -0.25) is 4.99 Å². The second-order valence-corrected chi connectivity index (χ2v) is 6.77. The van der Waals surface area contributed by atoms with Gasteiger partial charge in [-0.15, -0.1) is 0 Å². The van der Waals surface area contributed by atoms with Crippen LogP contribution >= 0.6 is 23.4 Å². The molecule has 0 bridgehead atoms. The van der Waals surface area contributed by atoms with Crippen LogP contribution in [0.2, 0.25) is 5.02 Å². The Labute approximate surface area is 144 Å². The molecule has 0 unspecified atom stereocenters. The van der Waals surface area contributed by atoms with E-state index in [4.69, 9.17) is 21.9 Å². The zero-order valence-electron chi connectivity index (χ0n) is 12.6. The van der Waals surface area contributed by atoms with Crippen LogP contribution in [0.5, 0.6) is 0 Å². The first-order valence-corrected chi connectivity index (χ1v) is 8.97. The van der Waals surface area contributed by atoms with Gasteiger partial charge in [-0.25, -0.2) is 0 Å². The Bertz CT molecular complexity index is 684. The van der Waals surface area contributed by atoms with E-state index in [1.54, 1.807) is 6.07 Å². The number of benzene rings is 1. The number of nitrogens with two attached hydrogens (primary N) is 1. The van der Waals surface area contributed by atoms with Gasteiger partial charge in [0.25, 0.3) is 0 Å². The molecule has 0 atom stereocenters. The molecular formula is C15H18ClN5OS. The van der Waals surface area contributed by atoms with Crippen LogP contribution in [0.1, 0.15) is 5.89 Å². The lowest BCUT2D eigenvalue weighted by molar-refractivity contribution is 0.380. The number of nitrogens with zero attached hydrogens (tertiary/aromatic N) is 4. The minimum absolute atomic E-state index is 0.534. The number of hydrogen-bond donors (Lipinski definition) is 1. The van der Waals surface area contributed by atoms with E-state index < -0.39 is 0 Å². The molecule has 1 saturated heterocycles. The summed E-state index contributed by atoms with van der Waals surface area (Å²) in [4.78, 5) is 10.9. The summed E-state index contributed by atoms with van der Waals surface area (Å²) in [5, 5.41) is 4.62. The van der Waals surface area contributed by atoms with Gasteiger partial charge in [-0.2, -0.15) is 16.7 Å². The molecule has 2 N–H and O–H groups in total. The SMILES string of the molecule is NC(=NCCc1nc(-c2cccc(Cl)c2)no1)N1CCSCC1. The van der Waals surface area contributed by atoms with Crippen LogP contribution < -0.4 is 5.73 Å². The van der Waals surface area contributed by atoms with Gasteiger partial charge < -0.3 is 15.2 Å². The Balaban J connectivity index is 1.57. The van der Waals surface area contributed by atoms with Gasteiger partial charge in [0.15, 0.2) is 5.96 Å². The molecule has 0 spiro atoms. The van der Waals surface area contributed by atoms with Crippen LogP contribution in [0.3, 0.4) is 0 Å². The van der Waals surface area contributed by atoms with E-state index >= 15 is 0 Å². The van der Waals surface area contributed by atoms with Crippen molar-refractivity contribution in [1.29, 1.82) is 0 Å². The lowest BCUT2D eigenvalue weighted by Crippen LogP contribution is -2.42. The van der Waals surface area contributed by atoms with Crippen molar-refractivity contribution in [3.8, 4) is 11.4 Å². The van der Waals surface area contributed by atoms with E-state index in [1.807, 2.05) is 30.0 Å². The molecule has 8 heteroatoms. The van der Waals surface area contributed by atoms with Crippen molar-refractivity contribution in [3.05, 3.63) is 35.2 Å². The predicted molar refractivity (Wildman–Crippen MR) is 93.8 cm³/mol. The maximum Gasteiger partial charge on any atom is 0.228 e. The third-order valence-corrected chi connectivity index (χ3v) is 4.66. The summed E-state index contributed by atoms with van der Waals surface area (Å²) in [5.74, 6) is 3.88. The summed E-state index contributed by atoms with van der Waals surface area (Å²) in [6, 6.07) is 7.37. The lowest BCUT2D eigenvalue weighted by Gasteiger charge is -2.27. The number of thioether (sulfide) groups is 1. The molecule has 0 saturated carbocycles. The van der Waals surface area contributed by atoms with Crippen molar-refractivity contribution in [1.82, 2.24) is 15.0 Å². The molecule has 3 rings (SSSR count). The summed E-state index contributed by atoms with van der Waals surface area (Å²) < 4.78 is 5.26. The van der Waals surface area contributed by atoms with Gasteiger partial charge in [0, 0.05) is 41.6 Å². The van der Waals surface area contributed by atoms with Gasteiger partial charge in [-0.05, 0) is 12.1 Å². The van der Waals surface area contributed by atoms with Crippen molar-refractivity contribution in [3.63, 3.8) is 0 Å². The molecular weight excluding hydrogens is 334 g/mol. The number of guanidine groups is 1. The van der Waals surface area contributed by atoms with Crippen molar-refractivity contribution >= 4 is 29.3 Å². The molecule has 1 aromatic heterocycles. The smallest absolute Gasteiger partial charge is 0.228 e. The predicted octanol–water partition coefficient (Wildman–Crippen LogP) is 2.30. The number of aliphatic imine (C=N–C) groups is 1. The van der Waals surface area contributed by atoms with Crippen molar-refractivity contribution in [2.75, 3.05) is 31.1 Å². The van der Waals surface area contributed by atoms with Crippen LogP contribution in [-0.4, -0.2) is 52.1 Å². The van der Waals surface area contributed by atoms with Gasteiger partial charge in [0.2, 0.25) is 11.7 Å². The molecule has 2 aromatic rings. The Morgan fingerprint density at radius 1 is 1.39 bits per heavy atom. The molecule has 1 aliphatic rings. The van der Waals surface area contributed by atoms with Crippen molar-refractivity contribution in [2.45, 2.75) is 6.42 Å². The van der Waals surface area contributed by atoms with E-state index in [1.165, 1.54) is 0 Å². The van der Waals surface area contributed by atoms with Crippen LogP contribution in [0.15, 0.2) is 33.8 Å². The minimum atomic E-state index is 0.534. The highest BCUT2D eigenvalue weighted by Crippen LogP contribution is 2.20. The van der Waals surface area contributed by atoms with E-state index in [9.17, 15) is 0 Å². The van der Waals surface area contributed by atoms with Gasteiger partial charge >= 0.3 is 0 Å². The van der Waals surface area contributed by atoms with Gasteiger partial charge in [0.05, 0.1) is 6.54 Å². The van der Waals surface area contributed by atoms with Gasteiger partial charge in [-0.1, -0.05) is 28.9 Å². The molecule has 1 fully saturated rings. The highest BCUT2D eigenvalue weighted by Gasteiger charge is 2.12. The zero-order valence-corrected chi connectivity index (χ0v) is 14.2. The molecule has 23 heavy (non-hydrogen) atoms. The first-order valence-electron chi connectivity index (χ1n) is 7.43. The normalized spacial score (nSPS) is 15.9. The summed E-state index contributed by atoms with van der Waals surface area (Å²) >= 11 is 7.91. The third-order valence-electron chi connectivity index (χ3n) is 3.49. The summed E-state index contributed by atoms with van der Waals surface area (Å²) in [5.41, 5.74) is 6.85. The molecule has 1 aromatic carbocycles. The van der Waals surface area contributed by atoms with Gasteiger partial charge in [0.1, 0.15) is 0 Å². The number of hydrogen-bond acceptors (Lipinski definition) is 5. The zero-order chi connectivity index (χ0) is 16.1. The minimum Gasteiger partial charge on any atom is -0.370 e. The fraction of sp³-hybridized carbons (Fsp3) is 0.400. The maximum atomic E-state index is 6.01. The molecule has 6 nitrogen and oxygen atoms in total. The first-order chi connectivity index (χ1) is 11.2. The largest absolute Gasteiger partial charge is 0.370 e. The molecule has 0 amide bonds. The average Bonchev–Trinajstić information content (AvgIpc) is 3.04. The third kappa shape index (κ3) is 4.39. The van der Waals surface area contributed by atoms with Crippen LogP contribution in [0, 0.1) is 0 Å². The van der Waals surface area contributed by atoms with E-state index in [0.29, 0.717) is 35.7 Å². The Morgan fingerprint density at radius 3 is 3.00 bits per heavy atom. The van der Waals surface area contributed by atoms with Crippen LogP contribution in [-0.2, 0) is 6.42 Å². The monoisotopic (exact) mass is 351 g/mol. The molecule has 0 radical (unpaired) electrons. The highest BCUT2D eigenvalue weighted by atomic mass is 35.5. The van der Waals surface area contributed by atoms with Crippen LogP contribution in [0.4, 0.5) is 0 Å². The fourth-order valence-electron chi connectivity index (χ4n) is 2.26. The summed E-state index contributed by atoms with van der Waals surface area (Å²) in [7, 11) is 0. The topological polar surface area (TPSA) is 80.5 Å². The molecule has 1 aliphatic heterocycles. The number of aromatic nitrogens is 2. The average molecular weight is 352 g/mol. The first kappa shape index (κ1) is 16.1. The Hall–Kier alpha value is -1.73. The van der Waals surface area contributed by atoms with E-state index in [2.05, 4.69) is 20.0 Å². The molecule has 0 aliphatic carbocycles. The number of halogens is 1. The maximum absolute atomic E-state index is 6.01. The Kier molecular flexibility index (Phi) is 5.40. The molecule has 122 valence electrons. The number of rotatable bonds is 4. The highest BCUT2D eigenvalue weighted by molar-refractivity contribution is 7.99. The Morgan fingerprint density at radius 2 is 2.22 bits per heavy atom. The summed E-state index contributed by atoms with van der Waals surface area (Å²) in [6.07, 6.45) is 0.566. The second-order valence-electron chi connectivity index (χ2n) is 5.11. The molecule has 2 heterocycles. The van der Waals surface area contributed by atoms with Crippen molar-refractivity contribution < 1.29 is 4.52 Å².